The lowest BCUT2D eigenvalue weighted by Gasteiger charge is -2.36. The molecule has 0 aliphatic heterocycles. The van der Waals surface area contributed by atoms with E-state index in [9.17, 15) is 0 Å². The second-order valence-corrected chi connectivity index (χ2v) is 13.4. The molecule has 0 saturated heterocycles. The molecular formula is C19H34O3Si. The molecule has 0 aliphatic rings. The zero-order valence-electron chi connectivity index (χ0n) is 16.4. The predicted molar refractivity (Wildman–Crippen MR) is 100 cm³/mol. The average molecular weight is 339 g/mol. The van der Waals surface area contributed by atoms with E-state index in [4.69, 9.17) is 13.9 Å². The van der Waals surface area contributed by atoms with Gasteiger partial charge in [0.15, 0.2) is 19.8 Å². The fourth-order valence-corrected chi connectivity index (χ4v) is 2.95. The Balaban J connectivity index is 2.71. The maximum atomic E-state index is 6.16. The largest absolute Gasteiger partial charge is 0.493 e. The van der Waals surface area contributed by atoms with Crippen molar-refractivity contribution in [1.29, 1.82) is 0 Å². The van der Waals surface area contributed by atoms with E-state index in [0.29, 0.717) is 13.2 Å². The Bertz CT molecular complexity index is 510. The summed E-state index contributed by atoms with van der Waals surface area (Å²) in [4.78, 5) is 0. The number of rotatable bonds is 6. The van der Waals surface area contributed by atoms with Crippen LogP contribution in [0.1, 0.15) is 47.1 Å². The highest BCUT2D eigenvalue weighted by Crippen LogP contribution is 2.37. The van der Waals surface area contributed by atoms with Crippen molar-refractivity contribution < 1.29 is 13.9 Å². The van der Waals surface area contributed by atoms with Crippen LogP contribution >= 0.6 is 0 Å². The van der Waals surface area contributed by atoms with Gasteiger partial charge in [0, 0.05) is 0 Å². The van der Waals surface area contributed by atoms with Crippen LogP contribution in [0.25, 0.3) is 0 Å². The molecule has 1 rings (SSSR count). The molecule has 0 radical (unpaired) electrons. The van der Waals surface area contributed by atoms with Gasteiger partial charge in [0.1, 0.15) is 6.61 Å². The first-order valence-electron chi connectivity index (χ1n) is 8.34. The van der Waals surface area contributed by atoms with Crippen LogP contribution in [0.2, 0.25) is 18.1 Å². The minimum Gasteiger partial charge on any atom is -0.493 e. The van der Waals surface area contributed by atoms with Crippen LogP contribution in [0.5, 0.6) is 11.5 Å². The van der Waals surface area contributed by atoms with Crippen molar-refractivity contribution in [3.8, 4) is 11.5 Å². The van der Waals surface area contributed by atoms with E-state index < -0.39 is 8.32 Å². The monoisotopic (exact) mass is 338 g/mol. The van der Waals surface area contributed by atoms with Crippen molar-refractivity contribution in [3.63, 3.8) is 0 Å². The fraction of sp³-hybridized carbons (Fsp3) is 0.684. The summed E-state index contributed by atoms with van der Waals surface area (Å²) in [5.41, 5.74) is 1.32. The first-order valence-corrected chi connectivity index (χ1v) is 11.2. The van der Waals surface area contributed by atoms with Crippen molar-refractivity contribution in [2.45, 2.75) is 65.1 Å². The van der Waals surface area contributed by atoms with Gasteiger partial charge in [0.2, 0.25) is 0 Å². The van der Waals surface area contributed by atoms with Crippen molar-refractivity contribution in [1.82, 2.24) is 0 Å². The van der Waals surface area contributed by atoms with Gasteiger partial charge in [-0.15, -0.1) is 0 Å². The van der Waals surface area contributed by atoms with Crippen LogP contribution in [0, 0.1) is 0 Å². The third-order valence-corrected chi connectivity index (χ3v) is 9.18. The van der Waals surface area contributed by atoms with E-state index >= 15 is 0 Å². The van der Waals surface area contributed by atoms with E-state index in [2.05, 4.69) is 66.8 Å². The first-order chi connectivity index (χ1) is 10.4. The average Bonchev–Trinajstić information content (AvgIpc) is 2.41. The normalized spacial score (nSPS) is 13.1. The summed E-state index contributed by atoms with van der Waals surface area (Å²) in [7, 11) is -0.0453. The van der Waals surface area contributed by atoms with Crippen LogP contribution in [0.15, 0.2) is 18.2 Å². The summed E-state index contributed by atoms with van der Waals surface area (Å²) in [5.74, 6) is 1.56. The lowest BCUT2D eigenvalue weighted by molar-refractivity contribution is 0.198. The zero-order chi connectivity index (χ0) is 17.9. The lowest BCUT2D eigenvalue weighted by atomic mass is 9.87. The molecule has 1 aromatic rings. The number of hydrogen-bond donors (Lipinski definition) is 0. The molecule has 0 aliphatic carbocycles. The van der Waals surface area contributed by atoms with Gasteiger partial charge in [-0.2, -0.15) is 0 Å². The van der Waals surface area contributed by atoms with Gasteiger partial charge in [-0.05, 0) is 41.2 Å². The highest BCUT2D eigenvalue weighted by Gasteiger charge is 2.36. The topological polar surface area (TPSA) is 27.7 Å². The molecule has 0 N–H and O–H groups in total. The van der Waals surface area contributed by atoms with Gasteiger partial charge in [0.25, 0.3) is 0 Å². The van der Waals surface area contributed by atoms with E-state index in [1.54, 1.807) is 7.11 Å². The summed E-state index contributed by atoms with van der Waals surface area (Å²) in [6.07, 6.45) is 0. The molecule has 132 valence electrons. The highest BCUT2D eigenvalue weighted by atomic mass is 28.4. The van der Waals surface area contributed by atoms with Crippen LogP contribution in [0.4, 0.5) is 0 Å². The molecule has 0 saturated carbocycles. The number of ether oxygens (including phenoxy) is 2. The molecule has 0 spiro atoms. The third-order valence-electron chi connectivity index (χ3n) is 4.64. The summed E-state index contributed by atoms with van der Waals surface area (Å²) in [6, 6.07) is 6.15. The number of benzene rings is 1. The smallest absolute Gasteiger partial charge is 0.192 e. The second-order valence-electron chi connectivity index (χ2n) is 8.57. The molecule has 0 fully saturated rings. The Morgan fingerprint density at radius 3 is 2.00 bits per heavy atom. The molecule has 0 amide bonds. The molecule has 0 atom stereocenters. The predicted octanol–water partition coefficient (Wildman–Crippen LogP) is 5.39. The van der Waals surface area contributed by atoms with Crippen LogP contribution < -0.4 is 9.47 Å². The van der Waals surface area contributed by atoms with Gasteiger partial charge in [0.05, 0.1) is 13.7 Å². The Morgan fingerprint density at radius 2 is 1.52 bits per heavy atom. The molecule has 23 heavy (non-hydrogen) atoms. The second kappa shape index (κ2) is 7.26. The maximum absolute atomic E-state index is 6.16. The molecule has 4 heteroatoms. The van der Waals surface area contributed by atoms with E-state index in [1.165, 1.54) is 5.56 Å². The van der Waals surface area contributed by atoms with Crippen LogP contribution in [-0.2, 0) is 9.84 Å². The van der Waals surface area contributed by atoms with Crippen LogP contribution in [0.3, 0.4) is 0 Å². The molecule has 0 bridgehead atoms. The summed E-state index contributed by atoms with van der Waals surface area (Å²) in [5, 5.41) is 0.219. The quantitative estimate of drug-likeness (QED) is 0.514. The summed E-state index contributed by atoms with van der Waals surface area (Å²) >= 11 is 0. The molecule has 3 nitrogen and oxygen atoms in total. The number of methoxy groups -OCH3 is 1. The van der Waals surface area contributed by atoms with Crippen molar-refractivity contribution in [2.75, 3.05) is 20.3 Å². The SMILES string of the molecule is COc1ccc(C(C)(C)C)cc1OCCO[Si](C)(C)C(C)(C)C. The Labute approximate surface area is 143 Å². The fourth-order valence-electron chi connectivity index (χ4n) is 1.92. The molecule has 0 aromatic heterocycles. The Morgan fingerprint density at radius 1 is 0.913 bits per heavy atom. The highest BCUT2D eigenvalue weighted by molar-refractivity contribution is 6.74. The summed E-state index contributed by atoms with van der Waals surface area (Å²) in [6.45, 7) is 19.0. The number of hydrogen-bond acceptors (Lipinski definition) is 3. The van der Waals surface area contributed by atoms with Gasteiger partial charge < -0.3 is 13.9 Å². The van der Waals surface area contributed by atoms with E-state index in [0.717, 1.165) is 11.5 Å². The first kappa shape index (κ1) is 20.0. The molecule has 1 aromatic carbocycles. The van der Waals surface area contributed by atoms with Crippen molar-refractivity contribution in [2.24, 2.45) is 0 Å². The zero-order valence-corrected chi connectivity index (χ0v) is 17.4. The van der Waals surface area contributed by atoms with E-state index in [-0.39, 0.29) is 10.5 Å². The van der Waals surface area contributed by atoms with Crippen molar-refractivity contribution in [3.05, 3.63) is 23.8 Å². The van der Waals surface area contributed by atoms with Gasteiger partial charge >= 0.3 is 0 Å². The van der Waals surface area contributed by atoms with Crippen molar-refractivity contribution >= 4 is 8.32 Å². The molecule has 0 heterocycles. The van der Waals surface area contributed by atoms with Crippen LogP contribution in [-0.4, -0.2) is 28.6 Å². The Hall–Kier alpha value is -1.00. The molecule has 0 unspecified atom stereocenters. The van der Waals surface area contributed by atoms with Gasteiger partial charge in [-0.1, -0.05) is 47.6 Å². The lowest BCUT2D eigenvalue weighted by Crippen LogP contribution is -2.41. The minimum atomic E-state index is -1.72. The van der Waals surface area contributed by atoms with Gasteiger partial charge in [-0.25, -0.2) is 0 Å². The molecular weight excluding hydrogens is 304 g/mol. The maximum Gasteiger partial charge on any atom is 0.192 e. The van der Waals surface area contributed by atoms with Gasteiger partial charge in [-0.3, -0.25) is 0 Å². The summed E-state index contributed by atoms with van der Waals surface area (Å²) < 4.78 is 17.5. The standard InChI is InChI=1S/C19H34O3Si/c1-18(2,3)15-10-11-16(20-7)17(14-15)21-12-13-22-23(8,9)19(4,5)6/h10-11,14H,12-13H2,1-9H3. The minimum absolute atomic E-state index is 0.0853. The Kier molecular flexibility index (Phi) is 6.33. The van der Waals surface area contributed by atoms with E-state index in [1.807, 2.05) is 6.07 Å². The third kappa shape index (κ3) is 5.54.